The number of hydrogen-bond donors (Lipinski definition) is 2. The van der Waals surface area contributed by atoms with Crippen LogP contribution in [0.4, 0.5) is 0 Å². The molecule has 0 saturated carbocycles. The van der Waals surface area contributed by atoms with Crippen molar-refractivity contribution in [1.29, 1.82) is 0 Å². The summed E-state index contributed by atoms with van der Waals surface area (Å²) in [5.74, 6) is 0.803. The Hall–Kier alpha value is -1.94. The summed E-state index contributed by atoms with van der Waals surface area (Å²) in [5.41, 5.74) is 3.53. The van der Waals surface area contributed by atoms with Crippen molar-refractivity contribution in [2.75, 3.05) is 6.54 Å². The van der Waals surface area contributed by atoms with Crippen molar-refractivity contribution in [3.05, 3.63) is 69.4 Å². The third-order valence-electron chi connectivity index (χ3n) is 4.24. The smallest absolute Gasteiger partial charge is 0.191 e. The topological polar surface area (TPSA) is 67.1 Å². The molecular weight excluding hydrogens is 483 g/mol. The van der Waals surface area contributed by atoms with Crippen LogP contribution in [0.5, 0.6) is 0 Å². The van der Waals surface area contributed by atoms with Gasteiger partial charge in [0.15, 0.2) is 5.96 Å². The molecule has 6 nitrogen and oxygen atoms in total. The Morgan fingerprint density at radius 1 is 1.14 bits per heavy atom. The minimum atomic E-state index is 0. The van der Waals surface area contributed by atoms with Gasteiger partial charge in [0, 0.05) is 23.8 Å². The van der Waals surface area contributed by atoms with Crippen LogP contribution >= 0.6 is 35.3 Å². The summed E-state index contributed by atoms with van der Waals surface area (Å²) in [4.78, 5) is 10.6. The van der Waals surface area contributed by atoms with Crippen molar-refractivity contribution >= 4 is 41.3 Å². The Bertz CT molecular complexity index is 869. The molecular formula is C20H27IN6S. The van der Waals surface area contributed by atoms with E-state index in [9.17, 15) is 0 Å². The van der Waals surface area contributed by atoms with Gasteiger partial charge in [0.25, 0.3) is 0 Å². The molecule has 2 N–H and O–H groups in total. The summed E-state index contributed by atoms with van der Waals surface area (Å²) in [6.07, 6.45) is 3.78. The van der Waals surface area contributed by atoms with Crippen LogP contribution in [0, 0.1) is 13.8 Å². The van der Waals surface area contributed by atoms with Crippen LogP contribution < -0.4 is 10.6 Å². The highest BCUT2D eigenvalue weighted by atomic mass is 127. The fourth-order valence-electron chi connectivity index (χ4n) is 2.71. The van der Waals surface area contributed by atoms with Crippen LogP contribution in [0.3, 0.4) is 0 Å². The number of guanidine groups is 1. The lowest BCUT2D eigenvalue weighted by Crippen LogP contribution is -2.36. The highest BCUT2D eigenvalue weighted by Crippen LogP contribution is 2.16. The number of benzene rings is 1. The average Bonchev–Trinajstić information content (AvgIpc) is 3.28. The van der Waals surface area contributed by atoms with Gasteiger partial charge in [-0.1, -0.05) is 24.3 Å². The first-order valence-corrected chi connectivity index (χ1v) is 9.96. The molecule has 8 heteroatoms. The Balaban J connectivity index is 0.00000280. The molecule has 1 aromatic carbocycles. The summed E-state index contributed by atoms with van der Waals surface area (Å²) < 4.78 is 1.93. The fraction of sp³-hybridized carbons (Fsp3) is 0.350. The standard InChI is InChI=1S/C20H26N6S.HI/c1-4-21-20(23-13-19-25-15(2)16(3)27-19)22-12-17-8-5-6-9-18(17)14-26-11-7-10-24-26;/h5-11H,4,12-14H2,1-3H3,(H2,21,22,23);1H. The van der Waals surface area contributed by atoms with Crippen LogP contribution in [0.1, 0.15) is 33.6 Å². The molecule has 0 aliphatic carbocycles. The number of thiazole rings is 1. The van der Waals surface area contributed by atoms with Crippen LogP contribution in [0.25, 0.3) is 0 Å². The average molecular weight is 510 g/mol. The third kappa shape index (κ3) is 6.30. The van der Waals surface area contributed by atoms with E-state index >= 15 is 0 Å². The van der Waals surface area contributed by atoms with E-state index in [1.165, 1.54) is 16.0 Å². The van der Waals surface area contributed by atoms with Crippen LogP contribution in [-0.4, -0.2) is 27.3 Å². The van der Waals surface area contributed by atoms with Crippen molar-refractivity contribution in [3.63, 3.8) is 0 Å². The molecule has 3 aromatic rings. The molecule has 0 unspecified atom stereocenters. The molecule has 0 bridgehead atoms. The molecule has 0 fully saturated rings. The molecule has 0 amide bonds. The minimum absolute atomic E-state index is 0. The van der Waals surface area contributed by atoms with E-state index in [0.717, 1.165) is 29.8 Å². The molecule has 0 radical (unpaired) electrons. The SMILES string of the molecule is CCNC(=NCc1ccccc1Cn1cccn1)NCc1nc(C)c(C)s1.I. The van der Waals surface area contributed by atoms with Gasteiger partial charge in [-0.15, -0.1) is 35.3 Å². The first-order chi connectivity index (χ1) is 13.2. The van der Waals surface area contributed by atoms with E-state index in [1.807, 2.05) is 23.9 Å². The number of hydrogen-bond acceptors (Lipinski definition) is 4. The lowest BCUT2D eigenvalue weighted by molar-refractivity contribution is 0.680. The molecule has 0 saturated heterocycles. The lowest BCUT2D eigenvalue weighted by atomic mass is 10.1. The van der Waals surface area contributed by atoms with Crippen molar-refractivity contribution in [1.82, 2.24) is 25.4 Å². The third-order valence-corrected chi connectivity index (χ3v) is 5.31. The Kier molecular flexibility index (Phi) is 8.91. The van der Waals surface area contributed by atoms with E-state index in [-0.39, 0.29) is 24.0 Å². The first kappa shape index (κ1) is 22.4. The largest absolute Gasteiger partial charge is 0.357 e. The summed E-state index contributed by atoms with van der Waals surface area (Å²) in [5, 5.41) is 12.1. The number of halogens is 1. The normalized spacial score (nSPS) is 11.2. The number of nitrogens with zero attached hydrogens (tertiary/aromatic N) is 4. The van der Waals surface area contributed by atoms with Crippen LogP contribution in [0.15, 0.2) is 47.7 Å². The number of aryl methyl sites for hydroxylation is 2. The monoisotopic (exact) mass is 510 g/mol. The van der Waals surface area contributed by atoms with Gasteiger partial charge in [0.2, 0.25) is 0 Å². The number of nitrogens with one attached hydrogen (secondary N) is 2. The summed E-state index contributed by atoms with van der Waals surface area (Å²) >= 11 is 1.73. The van der Waals surface area contributed by atoms with E-state index in [2.05, 4.69) is 58.8 Å². The molecule has 0 aliphatic heterocycles. The van der Waals surface area contributed by atoms with Gasteiger partial charge in [0.05, 0.1) is 25.3 Å². The van der Waals surface area contributed by atoms with Gasteiger partial charge in [-0.05, 0) is 38.0 Å². The number of rotatable bonds is 7. The zero-order chi connectivity index (χ0) is 19.1. The van der Waals surface area contributed by atoms with Gasteiger partial charge in [-0.25, -0.2) is 9.98 Å². The zero-order valence-corrected chi connectivity index (χ0v) is 19.6. The number of aliphatic imine (C=N–C) groups is 1. The molecule has 3 rings (SSSR count). The Morgan fingerprint density at radius 2 is 1.93 bits per heavy atom. The maximum absolute atomic E-state index is 4.76. The second kappa shape index (κ2) is 11.2. The molecule has 0 atom stereocenters. The second-order valence-corrected chi connectivity index (χ2v) is 7.56. The summed E-state index contributed by atoms with van der Waals surface area (Å²) in [6.45, 7) is 9.08. The minimum Gasteiger partial charge on any atom is -0.357 e. The number of aromatic nitrogens is 3. The molecule has 0 spiro atoms. The second-order valence-electron chi connectivity index (χ2n) is 6.27. The summed E-state index contributed by atoms with van der Waals surface area (Å²) in [6, 6.07) is 10.3. The quantitative estimate of drug-likeness (QED) is 0.288. The highest BCUT2D eigenvalue weighted by molar-refractivity contribution is 14.0. The molecule has 0 aliphatic rings. The predicted octanol–water partition coefficient (Wildman–Crippen LogP) is 3.88. The van der Waals surface area contributed by atoms with Gasteiger partial charge < -0.3 is 10.6 Å². The van der Waals surface area contributed by atoms with E-state index in [1.54, 1.807) is 17.5 Å². The molecule has 2 heterocycles. The van der Waals surface area contributed by atoms with Crippen molar-refractivity contribution in [2.24, 2.45) is 4.99 Å². The van der Waals surface area contributed by atoms with Gasteiger partial charge in [-0.3, -0.25) is 4.68 Å². The Morgan fingerprint density at radius 3 is 2.57 bits per heavy atom. The summed E-state index contributed by atoms with van der Waals surface area (Å²) in [7, 11) is 0. The maximum atomic E-state index is 4.76. The van der Waals surface area contributed by atoms with Gasteiger partial charge >= 0.3 is 0 Å². The van der Waals surface area contributed by atoms with E-state index < -0.39 is 0 Å². The highest BCUT2D eigenvalue weighted by Gasteiger charge is 2.06. The van der Waals surface area contributed by atoms with Crippen molar-refractivity contribution in [2.45, 2.75) is 40.4 Å². The van der Waals surface area contributed by atoms with E-state index in [4.69, 9.17) is 4.99 Å². The molecule has 150 valence electrons. The van der Waals surface area contributed by atoms with Crippen LogP contribution in [-0.2, 0) is 19.6 Å². The zero-order valence-electron chi connectivity index (χ0n) is 16.5. The predicted molar refractivity (Wildman–Crippen MR) is 126 cm³/mol. The van der Waals surface area contributed by atoms with Gasteiger partial charge in [0.1, 0.15) is 5.01 Å². The molecule has 28 heavy (non-hydrogen) atoms. The Labute approximate surface area is 187 Å². The first-order valence-electron chi connectivity index (χ1n) is 9.15. The lowest BCUT2D eigenvalue weighted by Gasteiger charge is -2.12. The van der Waals surface area contributed by atoms with Crippen molar-refractivity contribution in [3.8, 4) is 0 Å². The fourth-order valence-corrected chi connectivity index (χ4v) is 3.59. The maximum Gasteiger partial charge on any atom is 0.191 e. The van der Waals surface area contributed by atoms with E-state index in [0.29, 0.717) is 13.1 Å². The van der Waals surface area contributed by atoms with Gasteiger partial charge in [-0.2, -0.15) is 5.10 Å². The van der Waals surface area contributed by atoms with Crippen molar-refractivity contribution < 1.29 is 0 Å². The molecule has 2 aromatic heterocycles. The van der Waals surface area contributed by atoms with Crippen LogP contribution in [0.2, 0.25) is 0 Å².